The third kappa shape index (κ3) is 2.49. The van der Waals surface area contributed by atoms with Crippen LogP contribution in [-0.4, -0.2) is 21.4 Å². The fourth-order valence-corrected chi connectivity index (χ4v) is 1.70. The van der Waals surface area contributed by atoms with E-state index in [1.54, 1.807) is 0 Å². The number of aryl methyl sites for hydroxylation is 1. The molecule has 2 rings (SSSR count). The van der Waals surface area contributed by atoms with E-state index in [0.29, 0.717) is 17.9 Å². The molecule has 0 fully saturated rings. The van der Waals surface area contributed by atoms with Crippen molar-refractivity contribution in [1.29, 1.82) is 0 Å². The average molecular weight is 235 g/mol. The number of aromatic nitrogens is 3. The maximum atomic E-state index is 5.58. The fraction of sp³-hybridized carbons (Fsp3) is 0.273. The Labute approximate surface area is 98.9 Å². The molecule has 0 unspecified atom stereocenters. The first-order chi connectivity index (χ1) is 7.77. The van der Waals surface area contributed by atoms with Crippen molar-refractivity contribution in [3.63, 3.8) is 0 Å². The van der Waals surface area contributed by atoms with Crippen LogP contribution in [0.3, 0.4) is 0 Å². The lowest BCUT2D eigenvalue weighted by atomic mass is 10.3. The summed E-state index contributed by atoms with van der Waals surface area (Å²) in [4.78, 5) is 0. The van der Waals surface area contributed by atoms with E-state index in [0.717, 1.165) is 11.6 Å². The number of H-pyrrole nitrogens is 1. The Morgan fingerprint density at radius 3 is 2.75 bits per heavy atom. The summed E-state index contributed by atoms with van der Waals surface area (Å²) in [7, 11) is 0. The van der Waals surface area contributed by atoms with Crippen LogP contribution < -0.4 is 4.74 Å². The molecule has 0 saturated heterocycles. The van der Waals surface area contributed by atoms with Gasteiger partial charge in [0.2, 0.25) is 0 Å². The Hall–Kier alpha value is -1.62. The highest BCUT2D eigenvalue weighted by Crippen LogP contribution is 2.08. The summed E-state index contributed by atoms with van der Waals surface area (Å²) in [5, 5.41) is 6.78. The zero-order valence-corrected chi connectivity index (χ0v) is 9.83. The summed E-state index contributed by atoms with van der Waals surface area (Å²) >= 11 is 5.09. The summed E-state index contributed by atoms with van der Waals surface area (Å²) in [6.07, 6.45) is 0. The standard InChI is InChI=1S/C11H13N3OS/c1-9-12-13-11(16)14(9)7-8-15-10-5-3-2-4-6-10/h2-6H,7-8H2,1H3,(H,13,16). The second kappa shape index (κ2) is 4.94. The molecular weight excluding hydrogens is 222 g/mol. The molecule has 2 aromatic rings. The molecule has 0 saturated carbocycles. The minimum Gasteiger partial charge on any atom is -0.492 e. The third-order valence-corrected chi connectivity index (χ3v) is 2.59. The SMILES string of the molecule is Cc1n[nH]c(=S)n1CCOc1ccccc1. The van der Waals surface area contributed by atoms with E-state index in [1.807, 2.05) is 41.8 Å². The van der Waals surface area contributed by atoms with Gasteiger partial charge in [-0.3, -0.25) is 5.10 Å². The lowest BCUT2D eigenvalue weighted by Gasteiger charge is -2.06. The zero-order valence-electron chi connectivity index (χ0n) is 9.01. The van der Waals surface area contributed by atoms with Gasteiger partial charge in [-0.2, -0.15) is 5.10 Å². The summed E-state index contributed by atoms with van der Waals surface area (Å²) in [5.41, 5.74) is 0. The van der Waals surface area contributed by atoms with Crippen LogP contribution in [0.15, 0.2) is 30.3 Å². The van der Waals surface area contributed by atoms with Crippen molar-refractivity contribution in [2.24, 2.45) is 0 Å². The average Bonchev–Trinajstić information content (AvgIpc) is 2.62. The number of nitrogens with zero attached hydrogens (tertiary/aromatic N) is 2. The second-order valence-electron chi connectivity index (χ2n) is 3.39. The second-order valence-corrected chi connectivity index (χ2v) is 3.78. The fourth-order valence-electron chi connectivity index (χ4n) is 1.43. The summed E-state index contributed by atoms with van der Waals surface area (Å²) in [5.74, 6) is 1.75. The van der Waals surface area contributed by atoms with Crippen molar-refractivity contribution >= 4 is 12.2 Å². The van der Waals surface area contributed by atoms with Crippen molar-refractivity contribution in [2.45, 2.75) is 13.5 Å². The van der Waals surface area contributed by atoms with Crippen molar-refractivity contribution in [1.82, 2.24) is 14.8 Å². The maximum absolute atomic E-state index is 5.58. The van der Waals surface area contributed by atoms with Crippen LogP contribution in [0, 0.1) is 11.7 Å². The number of rotatable bonds is 4. The van der Waals surface area contributed by atoms with Gasteiger partial charge in [0.25, 0.3) is 0 Å². The molecule has 0 aliphatic rings. The van der Waals surface area contributed by atoms with Gasteiger partial charge in [0.1, 0.15) is 18.2 Å². The Kier molecular flexibility index (Phi) is 3.36. The molecule has 0 spiro atoms. The van der Waals surface area contributed by atoms with Gasteiger partial charge in [-0.1, -0.05) is 18.2 Å². The van der Waals surface area contributed by atoms with Gasteiger partial charge in [-0.05, 0) is 31.3 Å². The zero-order chi connectivity index (χ0) is 11.4. The smallest absolute Gasteiger partial charge is 0.195 e. The van der Waals surface area contributed by atoms with Gasteiger partial charge in [-0.15, -0.1) is 0 Å². The Morgan fingerprint density at radius 2 is 2.12 bits per heavy atom. The lowest BCUT2D eigenvalue weighted by molar-refractivity contribution is 0.296. The van der Waals surface area contributed by atoms with Crippen LogP contribution in [0.4, 0.5) is 0 Å². The molecule has 84 valence electrons. The van der Waals surface area contributed by atoms with Gasteiger partial charge < -0.3 is 9.30 Å². The number of hydrogen-bond donors (Lipinski definition) is 1. The van der Waals surface area contributed by atoms with E-state index in [2.05, 4.69) is 10.2 Å². The van der Waals surface area contributed by atoms with Gasteiger partial charge in [0.05, 0.1) is 6.54 Å². The predicted molar refractivity (Wildman–Crippen MR) is 64.1 cm³/mol. The number of ether oxygens (including phenoxy) is 1. The number of hydrogen-bond acceptors (Lipinski definition) is 3. The van der Waals surface area contributed by atoms with Gasteiger partial charge in [0, 0.05) is 0 Å². The Morgan fingerprint density at radius 1 is 1.38 bits per heavy atom. The molecule has 0 radical (unpaired) electrons. The largest absolute Gasteiger partial charge is 0.492 e. The van der Waals surface area contributed by atoms with E-state index in [-0.39, 0.29) is 0 Å². The van der Waals surface area contributed by atoms with Crippen LogP contribution in [0.25, 0.3) is 0 Å². The molecule has 0 bridgehead atoms. The summed E-state index contributed by atoms with van der Waals surface area (Å²) < 4.78 is 8.13. The van der Waals surface area contributed by atoms with E-state index in [1.165, 1.54) is 0 Å². The number of para-hydroxylation sites is 1. The molecule has 0 atom stereocenters. The van der Waals surface area contributed by atoms with Crippen molar-refractivity contribution < 1.29 is 4.74 Å². The number of aromatic amines is 1. The first-order valence-electron chi connectivity index (χ1n) is 5.07. The van der Waals surface area contributed by atoms with E-state index in [4.69, 9.17) is 17.0 Å². The molecule has 0 aliphatic carbocycles. The molecular formula is C11H13N3OS. The quantitative estimate of drug-likeness (QED) is 0.827. The van der Waals surface area contributed by atoms with Gasteiger partial charge >= 0.3 is 0 Å². The molecule has 16 heavy (non-hydrogen) atoms. The molecule has 5 heteroatoms. The van der Waals surface area contributed by atoms with Crippen molar-refractivity contribution in [2.75, 3.05) is 6.61 Å². The molecule has 1 N–H and O–H groups in total. The van der Waals surface area contributed by atoms with Crippen molar-refractivity contribution in [3.8, 4) is 5.75 Å². The summed E-state index contributed by atoms with van der Waals surface area (Å²) in [6.45, 7) is 3.20. The first kappa shape index (κ1) is 10.9. The number of nitrogens with one attached hydrogen (secondary N) is 1. The molecule has 1 heterocycles. The van der Waals surface area contributed by atoms with Crippen LogP contribution >= 0.6 is 12.2 Å². The normalized spacial score (nSPS) is 10.3. The molecule has 0 amide bonds. The van der Waals surface area contributed by atoms with E-state index < -0.39 is 0 Å². The minimum absolute atomic E-state index is 0.582. The highest BCUT2D eigenvalue weighted by Gasteiger charge is 2.00. The lowest BCUT2D eigenvalue weighted by Crippen LogP contribution is -2.09. The Balaban J connectivity index is 1.92. The highest BCUT2D eigenvalue weighted by molar-refractivity contribution is 7.71. The van der Waals surface area contributed by atoms with Crippen LogP contribution in [0.1, 0.15) is 5.82 Å². The van der Waals surface area contributed by atoms with Crippen LogP contribution in [0.5, 0.6) is 5.75 Å². The highest BCUT2D eigenvalue weighted by atomic mass is 32.1. The molecule has 1 aromatic carbocycles. The predicted octanol–water partition coefficient (Wildman–Crippen LogP) is 2.33. The minimum atomic E-state index is 0.582. The van der Waals surface area contributed by atoms with Gasteiger partial charge in [0.15, 0.2) is 4.77 Å². The monoisotopic (exact) mass is 235 g/mol. The Bertz CT molecular complexity index is 503. The van der Waals surface area contributed by atoms with Crippen LogP contribution in [0.2, 0.25) is 0 Å². The number of benzene rings is 1. The first-order valence-corrected chi connectivity index (χ1v) is 5.48. The topological polar surface area (TPSA) is 42.8 Å². The van der Waals surface area contributed by atoms with Crippen molar-refractivity contribution in [3.05, 3.63) is 40.9 Å². The van der Waals surface area contributed by atoms with E-state index in [9.17, 15) is 0 Å². The summed E-state index contributed by atoms with van der Waals surface area (Å²) in [6, 6.07) is 9.72. The van der Waals surface area contributed by atoms with Gasteiger partial charge in [-0.25, -0.2) is 0 Å². The van der Waals surface area contributed by atoms with Crippen LogP contribution in [-0.2, 0) is 6.54 Å². The van der Waals surface area contributed by atoms with E-state index >= 15 is 0 Å². The molecule has 1 aromatic heterocycles. The molecule has 0 aliphatic heterocycles. The maximum Gasteiger partial charge on any atom is 0.195 e. The molecule has 4 nitrogen and oxygen atoms in total. The third-order valence-electron chi connectivity index (χ3n) is 2.28.